The van der Waals surface area contributed by atoms with Crippen LogP contribution in [0.5, 0.6) is 5.75 Å². The SMILES string of the molecule is CCCC(=O)Nc1sc(Cc2ccc(OCc3c(Cl)cccc3Cl)cc2)cc1C(=O)O. The molecule has 0 aliphatic heterocycles. The van der Waals surface area contributed by atoms with Gasteiger partial charge in [0.2, 0.25) is 5.91 Å². The average molecular weight is 478 g/mol. The summed E-state index contributed by atoms with van der Waals surface area (Å²) < 4.78 is 5.79. The number of halogens is 2. The lowest BCUT2D eigenvalue weighted by molar-refractivity contribution is -0.116. The first-order valence-corrected chi connectivity index (χ1v) is 11.2. The zero-order chi connectivity index (χ0) is 22.4. The van der Waals surface area contributed by atoms with Crippen LogP contribution in [0.2, 0.25) is 10.0 Å². The molecule has 0 saturated heterocycles. The van der Waals surface area contributed by atoms with E-state index in [2.05, 4.69) is 5.32 Å². The number of carbonyl (C=O) groups is 2. The van der Waals surface area contributed by atoms with E-state index in [1.807, 2.05) is 31.2 Å². The van der Waals surface area contributed by atoms with Gasteiger partial charge in [-0.25, -0.2) is 4.79 Å². The predicted octanol–water partition coefficient (Wildman–Crippen LogP) is 6.66. The molecular weight excluding hydrogens is 457 g/mol. The van der Waals surface area contributed by atoms with Crippen LogP contribution in [0.1, 0.15) is 46.1 Å². The highest BCUT2D eigenvalue weighted by Crippen LogP contribution is 2.31. The lowest BCUT2D eigenvalue weighted by atomic mass is 10.1. The third kappa shape index (κ3) is 6.23. The lowest BCUT2D eigenvalue weighted by Crippen LogP contribution is -2.11. The molecule has 3 aromatic rings. The lowest BCUT2D eigenvalue weighted by Gasteiger charge is -2.10. The zero-order valence-corrected chi connectivity index (χ0v) is 19.1. The summed E-state index contributed by atoms with van der Waals surface area (Å²) >= 11 is 13.6. The molecule has 1 heterocycles. The number of amides is 1. The Bertz CT molecular complexity index is 1060. The first-order valence-electron chi connectivity index (χ1n) is 9.67. The number of carboxylic acids is 1. The van der Waals surface area contributed by atoms with Gasteiger partial charge in [0.1, 0.15) is 17.4 Å². The summed E-state index contributed by atoms with van der Waals surface area (Å²) in [7, 11) is 0. The Hall–Kier alpha value is -2.54. The van der Waals surface area contributed by atoms with Crippen LogP contribution >= 0.6 is 34.5 Å². The Morgan fingerprint density at radius 1 is 1.10 bits per heavy atom. The van der Waals surface area contributed by atoms with Gasteiger partial charge in [0, 0.05) is 33.3 Å². The van der Waals surface area contributed by atoms with Crippen molar-refractivity contribution < 1.29 is 19.4 Å². The van der Waals surface area contributed by atoms with Crippen LogP contribution in [0.4, 0.5) is 5.00 Å². The number of ether oxygens (including phenoxy) is 1. The normalized spacial score (nSPS) is 10.7. The maximum Gasteiger partial charge on any atom is 0.338 e. The molecule has 0 spiro atoms. The first-order chi connectivity index (χ1) is 14.9. The van der Waals surface area contributed by atoms with Crippen molar-refractivity contribution in [1.29, 1.82) is 0 Å². The molecule has 1 amide bonds. The molecule has 1 aromatic heterocycles. The summed E-state index contributed by atoms with van der Waals surface area (Å²) in [6.07, 6.45) is 1.60. The van der Waals surface area contributed by atoms with Crippen molar-refractivity contribution in [3.05, 3.63) is 80.1 Å². The summed E-state index contributed by atoms with van der Waals surface area (Å²) in [6.45, 7) is 2.15. The molecule has 8 heteroatoms. The Kier molecular flexibility index (Phi) is 7.96. The van der Waals surface area contributed by atoms with Crippen molar-refractivity contribution in [2.24, 2.45) is 0 Å². The summed E-state index contributed by atoms with van der Waals surface area (Å²) in [6, 6.07) is 14.4. The van der Waals surface area contributed by atoms with Crippen LogP contribution in [-0.4, -0.2) is 17.0 Å². The van der Waals surface area contributed by atoms with Gasteiger partial charge in [-0.1, -0.05) is 48.3 Å². The molecule has 0 aliphatic carbocycles. The van der Waals surface area contributed by atoms with E-state index in [4.69, 9.17) is 27.9 Å². The van der Waals surface area contributed by atoms with Gasteiger partial charge in [-0.15, -0.1) is 11.3 Å². The van der Waals surface area contributed by atoms with E-state index in [-0.39, 0.29) is 18.1 Å². The highest BCUT2D eigenvalue weighted by Gasteiger charge is 2.17. The molecular formula is C23H21Cl2NO4S. The summed E-state index contributed by atoms with van der Waals surface area (Å²) in [4.78, 5) is 24.2. The number of benzene rings is 2. The monoisotopic (exact) mass is 477 g/mol. The molecule has 0 unspecified atom stereocenters. The fourth-order valence-corrected chi connectivity index (χ4v) is 4.53. The fraction of sp³-hybridized carbons (Fsp3) is 0.217. The second-order valence-electron chi connectivity index (χ2n) is 6.87. The molecule has 0 radical (unpaired) electrons. The highest BCUT2D eigenvalue weighted by atomic mass is 35.5. The van der Waals surface area contributed by atoms with E-state index >= 15 is 0 Å². The summed E-state index contributed by atoms with van der Waals surface area (Å²) in [5.41, 5.74) is 1.83. The predicted molar refractivity (Wildman–Crippen MR) is 125 cm³/mol. The molecule has 0 fully saturated rings. The molecule has 0 bridgehead atoms. The summed E-state index contributed by atoms with van der Waals surface area (Å²) in [5.74, 6) is -0.570. The molecule has 2 aromatic carbocycles. The van der Waals surface area contributed by atoms with Crippen LogP contribution in [0.3, 0.4) is 0 Å². The van der Waals surface area contributed by atoms with Gasteiger partial charge in [0.15, 0.2) is 0 Å². The Morgan fingerprint density at radius 2 is 1.77 bits per heavy atom. The highest BCUT2D eigenvalue weighted by molar-refractivity contribution is 7.16. The number of carbonyl (C=O) groups excluding carboxylic acids is 1. The molecule has 162 valence electrons. The van der Waals surface area contributed by atoms with E-state index in [9.17, 15) is 14.7 Å². The fourth-order valence-electron chi connectivity index (χ4n) is 2.93. The second kappa shape index (κ2) is 10.7. The summed E-state index contributed by atoms with van der Waals surface area (Å²) in [5, 5.41) is 13.6. The maximum absolute atomic E-state index is 11.9. The van der Waals surface area contributed by atoms with E-state index < -0.39 is 5.97 Å². The number of thiophene rings is 1. The quantitative estimate of drug-likeness (QED) is 0.361. The molecule has 5 nitrogen and oxygen atoms in total. The molecule has 0 atom stereocenters. The molecule has 3 rings (SSSR count). The Morgan fingerprint density at radius 3 is 2.39 bits per heavy atom. The van der Waals surface area contributed by atoms with Crippen molar-refractivity contribution >= 4 is 51.4 Å². The van der Waals surface area contributed by atoms with Crippen LogP contribution in [0.25, 0.3) is 0 Å². The third-order valence-corrected chi connectivity index (χ3v) is 6.25. The van der Waals surface area contributed by atoms with Gasteiger partial charge in [-0.05, 0) is 42.3 Å². The van der Waals surface area contributed by atoms with Gasteiger partial charge in [0.25, 0.3) is 0 Å². The van der Waals surface area contributed by atoms with Gasteiger partial charge in [-0.3, -0.25) is 4.79 Å². The number of anilines is 1. The minimum atomic E-state index is -1.06. The van der Waals surface area contributed by atoms with E-state index in [0.29, 0.717) is 40.1 Å². The van der Waals surface area contributed by atoms with Crippen molar-refractivity contribution in [2.45, 2.75) is 32.8 Å². The topological polar surface area (TPSA) is 75.6 Å². The number of hydrogen-bond donors (Lipinski definition) is 2. The van der Waals surface area contributed by atoms with E-state index in [1.165, 1.54) is 11.3 Å². The minimum Gasteiger partial charge on any atom is -0.489 e. The van der Waals surface area contributed by atoms with Crippen LogP contribution in [0.15, 0.2) is 48.5 Å². The van der Waals surface area contributed by atoms with Gasteiger partial charge >= 0.3 is 5.97 Å². The smallest absolute Gasteiger partial charge is 0.338 e. The molecule has 0 aliphatic rings. The average Bonchev–Trinajstić information content (AvgIpc) is 3.11. The Balaban J connectivity index is 1.66. The number of carboxylic acid groups (broad SMARTS) is 1. The second-order valence-corrected chi connectivity index (χ2v) is 8.82. The van der Waals surface area contributed by atoms with Gasteiger partial charge < -0.3 is 15.2 Å². The van der Waals surface area contributed by atoms with Crippen molar-refractivity contribution in [2.75, 3.05) is 5.32 Å². The van der Waals surface area contributed by atoms with Crippen LogP contribution in [-0.2, 0) is 17.8 Å². The zero-order valence-electron chi connectivity index (χ0n) is 16.8. The van der Waals surface area contributed by atoms with Crippen molar-refractivity contribution in [3.63, 3.8) is 0 Å². The Labute approximate surface area is 194 Å². The number of aromatic carboxylic acids is 1. The molecule has 2 N–H and O–H groups in total. The first kappa shape index (κ1) is 23.1. The maximum atomic E-state index is 11.9. The van der Waals surface area contributed by atoms with Gasteiger partial charge in [0.05, 0.1) is 5.56 Å². The van der Waals surface area contributed by atoms with Crippen LogP contribution in [0, 0.1) is 0 Å². The number of hydrogen-bond acceptors (Lipinski definition) is 4. The van der Waals surface area contributed by atoms with Crippen LogP contribution < -0.4 is 10.1 Å². The number of nitrogens with one attached hydrogen (secondary N) is 1. The molecule has 0 saturated carbocycles. The molecule has 31 heavy (non-hydrogen) atoms. The minimum absolute atomic E-state index is 0.112. The van der Waals surface area contributed by atoms with Gasteiger partial charge in [-0.2, -0.15) is 0 Å². The third-order valence-electron chi connectivity index (χ3n) is 4.49. The van der Waals surface area contributed by atoms with E-state index in [0.717, 1.165) is 16.0 Å². The number of rotatable bonds is 9. The largest absolute Gasteiger partial charge is 0.489 e. The standard InChI is InChI=1S/C23H21Cl2NO4S/c1-2-4-21(27)26-22-17(23(28)29)12-16(31-22)11-14-7-9-15(10-8-14)30-13-18-19(24)5-3-6-20(18)25/h3,5-10,12H,2,4,11,13H2,1H3,(H,26,27)(H,28,29). The van der Waals surface area contributed by atoms with Crippen molar-refractivity contribution in [1.82, 2.24) is 0 Å². The van der Waals surface area contributed by atoms with E-state index in [1.54, 1.807) is 24.3 Å². The van der Waals surface area contributed by atoms with Crippen molar-refractivity contribution in [3.8, 4) is 5.75 Å².